The first-order valence-corrected chi connectivity index (χ1v) is 2.85. The largest absolute Gasteiger partial charge is 0.352 e. The molecular weight excluding hydrogens is 224 g/mol. The highest BCUT2D eigenvalue weighted by Gasteiger charge is 1.89. The molecule has 13 nitrogen and oxygen atoms in total. The van der Waals surface area contributed by atoms with Gasteiger partial charge in [0, 0.05) is 0 Å². The molecule has 0 aliphatic carbocycles. The Morgan fingerprint density at radius 3 is 0.875 bits per heavy atom. The van der Waals surface area contributed by atoms with E-state index in [-0.39, 0.29) is 12.3 Å². The predicted molar refractivity (Wildman–Crippen MR) is 57.6 cm³/mol. The highest BCUT2D eigenvalue weighted by Crippen LogP contribution is 1.48. The van der Waals surface area contributed by atoms with E-state index in [2.05, 4.69) is 34.6 Å². The van der Waals surface area contributed by atoms with Crippen molar-refractivity contribution in [2.24, 2.45) is 34.6 Å². The topological polar surface area (TPSA) is 301 Å². The van der Waals surface area contributed by atoms with Crippen LogP contribution in [0.1, 0.15) is 0 Å². The minimum Gasteiger partial charge on any atom is -0.352 e. The van der Waals surface area contributed by atoms with E-state index in [0.29, 0.717) is 0 Å². The Morgan fingerprint density at radius 2 is 0.812 bits per heavy atom. The summed E-state index contributed by atoms with van der Waals surface area (Å²) in [5, 5.41) is 0. The standard InChI is InChI=1S/C2H6N4O2.CH4N2O.H4N2.2H3N/c3-1(7)5-6-2(4)8;2-1(3)4;1-2;;/h(H3,3,5,7)(H3,4,6,8);(H4,2,3,4);1-2H2;2*1H3. The fraction of sp³-hybridized carbons (Fsp3) is 0. The van der Waals surface area contributed by atoms with Crippen molar-refractivity contribution in [3.05, 3.63) is 0 Å². The van der Waals surface area contributed by atoms with E-state index in [1.54, 1.807) is 10.9 Å². The van der Waals surface area contributed by atoms with Gasteiger partial charge in [0.05, 0.1) is 0 Å². The molecule has 0 unspecified atom stereocenters. The third kappa shape index (κ3) is 188. The zero-order chi connectivity index (χ0) is 12.1. The summed E-state index contributed by atoms with van der Waals surface area (Å²) >= 11 is 0. The van der Waals surface area contributed by atoms with Crippen LogP contribution in [0.25, 0.3) is 0 Å². The van der Waals surface area contributed by atoms with Crippen molar-refractivity contribution in [1.82, 2.24) is 23.2 Å². The maximum absolute atomic E-state index is 9.74. The number of primary amides is 4. The van der Waals surface area contributed by atoms with Crippen molar-refractivity contribution in [3.63, 3.8) is 0 Å². The lowest BCUT2D eigenvalue weighted by atomic mass is 11.1. The van der Waals surface area contributed by atoms with Gasteiger partial charge in [0.15, 0.2) is 0 Å². The van der Waals surface area contributed by atoms with Gasteiger partial charge in [0.25, 0.3) is 0 Å². The van der Waals surface area contributed by atoms with Crippen LogP contribution in [-0.2, 0) is 0 Å². The number of carbonyl (C=O) groups excluding carboxylic acids is 3. The van der Waals surface area contributed by atoms with Gasteiger partial charge in [-0.3, -0.25) is 11.7 Å². The van der Waals surface area contributed by atoms with Crippen LogP contribution in [-0.4, -0.2) is 18.1 Å². The van der Waals surface area contributed by atoms with E-state index < -0.39 is 18.1 Å². The van der Waals surface area contributed by atoms with Gasteiger partial charge in [-0.2, -0.15) is 0 Å². The van der Waals surface area contributed by atoms with Gasteiger partial charge < -0.3 is 35.2 Å². The lowest BCUT2D eigenvalue weighted by Gasteiger charge is -1.97. The number of carbonyl (C=O) groups is 3. The maximum atomic E-state index is 9.74. The van der Waals surface area contributed by atoms with Crippen molar-refractivity contribution < 1.29 is 14.4 Å². The SMILES string of the molecule is N.N.NC(=O)NNC(N)=O.NC(N)=O.NN. The molecule has 20 N–H and O–H groups in total. The van der Waals surface area contributed by atoms with E-state index in [9.17, 15) is 9.59 Å². The highest BCUT2D eigenvalue weighted by atomic mass is 16.2. The summed E-state index contributed by atoms with van der Waals surface area (Å²) in [6.45, 7) is 0. The number of hydrogen-bond donors (Lipinski definition) is 10. The van der Waals surface area contributed by atoms with E-state index >= 15 is 0 Å². The Kier molecular flexibility index (Phi) is 41.9. The van der Waals surface area contributed by atoms with Crippen LogP contribution in [0.15, 0.2) is 0 Å². The molecule has 0 aliphatic rings. The Labute approximate surface area is 91.3 Å². The molecule has 0 aromatic rings. The number of hydrogen-bond acceptors (Lipinski definition) is 7. The third-order valence-electron chi connectivity index (χ3n) is 0.309. The number of hydrazine groups is 2. The van der Waals surface area contributed by atoms with Gasteiger partial charge >= 0.3 is 18.1 Å². The zero-order valence-corrected chi connectivity index (χ0v) is 8.60. The first-order valence-electron chi connectivity index (χ1n) is 2.85. The van der Waals surface area contributed by atoms with E-state index in [1.807, 2.05) is 0 Å². The number of amides is 6. The average Bonchev–Trinajstić information content (AvgIpc) is 2.03. The van der Waals surface area contributed by atoms with Crippen LogP contribution in [0.5, 0.6) is 0 Å². The van der Waals surface area contributed by atoms with E-state index in [1.165, 1.54) is 0 Å². The van der Waals surface area contributed by atoms with Crippen LogP contribution in [0.3, 0.4) is 0 Å². The molecule has 0 bridgehead atoms. The lowest BCUT2D eigenvalue weighted by Crippen LogP contribution is -2.46. The minimum absolute atomic E-state index is 0. The molecule has 6 amide bonds. The third-order valence-corrected chi connectivity index (χ3v) is 0.309. The molecule has 0 heterocycles. The summed E-state index contributed by atoms with van der Waals surface area (Å²) in [6, 6.07) is -2.55. The summed E-state index contributed by atoms with van der Waals surface area (Å²) in [5.74, 6) is 8.00. The summed E-state index contributed by atoms with van der Waals surface area (Å²) in [6.07, 6.45) is 0. The molecule has 0 rings (SSSR count). The summed E-state index contributed by atoms with van der Waals surface area (Å²) in [7, 11) is 0. The average molecular weight is 244 g/mol. The van der Waals surface area contributed by atoms with Gasteiger partial charge in [-0.1, -0.05) is 0 Å². The molecule has 100 valence electrons. The van der Waals surface area contributed by atoms with Gasteiger partial charge in [-0.05, 0) is 0 Å². The Morgan fingerprint density at radius 1 is 0.688 bits per heavy atom. The number of urea groups is 3. The van der Waals surface area contributed by atoms with Crippen LogP contribution >= 0.6 is 0 Å². The normalized spacial score (nSPS) is 5.62. The van der Waals surface area contributed by atoms with Gasteiger partial charge in [0.1, 0.15) is 0 Å². The van der Waals surface area contributed by atoms with Crippen LogP contribution < -0.4 is 57.8 Å². The Hall–Kier alpha value is -2.35. The molecule has 0 saturated heterocycles. The van der Waals surface area contributed by atoms with Crippen molar-refractivity contribution in [2.45, 2.75) is 0 Å². The predicted octanol–water partition coefficient (Wildman–Crippen LogP) is -3.60. The molecule has 0 saturated carbocycles. The molecule has 0 radical (unpaired) electrons. The minimum atomic E-state index is -0.858. The first-order chi connectivity index (χ1) is 6.36. The van der Waals surface area contributed by atoms with Crippen molar-refractivity contribution in [1.29, 1.82) is 0 Å². The molecule has 0 aromatic carbocycles. The molecule has 0 fully saturated rings. The summed E-state index contributed by atoms with van der Waals surface area (Å²) in [5.41, 5.74) is 21.1. The fourth-order valence-electron chi connectivity index (χ4n) is 0.123. The maximum Gasteiger partial charge on any atom is 0.330 e. The van der Waals surface area contributed by atoms with Gasteiger partial charge in [-0.25, -0.2) is 25.2 Å². The van der Waals surface area contributed by atoms with Crippen molar-refractivity contribution in [3.8, 4) is 0 Å². The van der Waals surface area contributed by atoms with Crippen molar-refractivity contribution in [2.75, 3.05) is 0 Å². The fourth-order valence-corrected chi connectivity index (χ4v) is 0.123. The van der Waals surface area contributed by atoms with Crippen LogP contribution in [0, 0.1) is 0 Å². The smallest absolute Gasteiger partial charge is 0.330 e. The van der Waals surface area contributed by atoms with Gasteiger partial charge in [-0.15, -0.1) is 0 Å². The van der Waals surface area contributed by atoms with E-state index in [0.717, 1.165) is 0 Å². The second-order valence-corrected chi connectivity index (χ2v) is 1.38. The summed E-state index contributed by atoms with van der Waals surface area (Å²) < 4.78 is 0. The molecule has 0 aliphatic heterocycles. The molecule has 13 heteroatoms. The first kappa shape index (κ1) is 29.2. The molecule has 0 spiro atoms. The number of nitrogens with two attached hydrogens (primary N) is 6. The zero-order valence-electron chi connectivity index (χ0n) is 8.60. The van der Waals surface area contributed by atoms with Crippen molar-refractivity contribution >= 4 is 18.1 Å². The second kappa shape index (κ2) is 22.9. The second-order valence-electron chi connectivity index (χ2n) is 1.38. The van der Waals surface area contributed by atoms with Gasteiger partial charge in [0.2, 0.25) is 0 Å². The molecule has 0 aromatic heterocycles. The quantitative estimate of drug-likeness (QED) is 0.150. The summed E-state index contributed by atoms with van der Waals surface area (Å²) in [4.78, 5) is 28.5. The molecule has 16 heavy (non-hydrogen) atoms. The number of rotatable bonds is 0. The highest BCUT2D eigenvalue weighted by molar-refractivity contribution is 5.77. The monoisotopic (exact) mass is 244 g/mol. The van der Waals surface area contributed by atoms with E-state index in [4.69, 9.17) is 4.79 Å². The Bertz CT molecular complexity index is 164. The Balaban J connectivity index is -0.0000000439. The molecular formula is C3H20N10O3. The van der Waals surface area contributed by atoms with Crippen LogP contribution in [0.4, 0.5) is 14.4 Å². The molecule has 0 atom stereocenters. The number of nitrogens with one attached hydrogen (secondary N) is 2. The lowest BCUT2D eigenvalue weighted by molar-refractivity contribution is 0.233. The van der Waals surface area contributed by atoms with Crippen LogP contribution in [0.2, 0.25) is 0 Å².